The van der Waals surface area contributed by atoms with Crippen molar-refractivity contribution in [3.63, 3.8) is 0 Å². The zero-order valence-corrected chi connectivity index (χ0v) is 8.11. The third-order valence-electron chi connectivity index (χ3n) is 2.21. The number of hydrogen-bond acceptors (Lipinski definition) is 3. The van der Waals surface area contributed by atoms with Gasteiger partial charge in [-0.2, -0.15) is 12.6 Å². The topological polar surface area (TPSA) is 15.3 Å². The summed E-state index contributed by atoms with van der Waals surface area (Å²) >= 11 is 4.14. The fraction of sp³-hybridized carbons (Fsp3) is 1.00. The summed E-state index contributed by atoms with van der Waals surface area (Å²) in [5.74, 6) is 1.82. The van der Waals surface area contributed by atoms with Crippen LogP contribution >= 0.6 is 12.6 Å². The van der Waals surface area contributed by atoms with Crippen LogP contribution in [0.15, 0.2) is 0 Å². The highest BCUT2D eigenvalue weighted by Crippen LogP contribution is 2.12. The highest BCUT2D eigenvalue weighted by molar-refractivity contribution is 7.80. The first-order valence-corrected chi connectivity index (χ1v) is 4.96. The second-order valence-corrected chi connectivity index (χ2v) is 3.79. The van der Waals surface area contributed by atoms with Crippen LogP contribution in [-0.2, 0) is 0 Å². The number of hydrogen-bond donors (Lipinski definition) is 2. The third kappa shape index (κ3) is 3.45. The number of likely N-dealkylation sites (tertiary alicyclic amines) is 1. The first kappa shape index (κ1) is 9.36. The molecule has 1 rings (SSSR count). The minimum absolute atomic E-state index is 0.875. The molecule has 1 atom stereocenters. The number of nitrogens with one attached hydrogen (secondary N) is 1. The van der Waals surface area contributed by atoms with Crippen LogP contribution in [0.2, 0.25) is 0 Å². The molecular weight excluding hydrogens is 156 g/mol. The van der Waals surface area contributed by atoms with Crippen molar-refractivity contribution in [2.24, 2.45) is 5.92 Å². The van der Waals surface area contributed by atoms with Gasteiger partial charge >= 0.3 is 0 Å². The maximum absolute atomic E-state index is 4.14. The number of thiol groups is 1. The Kier molecular flexibility index (Phi) is 4.26. The maximum Gasteiger partial charge on any atom is 0.00398 e. The minimum atomic E-state index is 0.875. The van der Waals surface area contributed by atoms with E-state index in [0.717, 1.165) is 18.2 Å². The SMILES string of the molecule is CN1CCC(CNCCS)C1. The molecule has 11 heavy (non-hydrogen) atoms. The summed E-state index contributed by atoms with van der Waals surface area (Å²) in [5.41, 5.74) is 0. The maximum atomic E-state index is 4.14. The second-order valence-electron chi connectivity index (χ2n) is 3.34. The van der Waals surface area contributed by atoms with E-state index in [1.54, 1.807) is 0 Å². The predicted molar refractivity (Wildman–Crippen MR) is 52.3 cm³/mol. The number of nitrogens with zero attached hydrogens (tertiary/aromatic N) is 1. The van der Waals surface area contributed by atoms with Gasteiger partial charge in [0.1, 0.15) is 0 Å². The van der Waals surface area contributed by atoms with Gasteiger partial charge < -0.3 is 10.2 Å². The van der Waals surface area contributed by atoms with Crippen molar-refractivity contribution in [1.82, 2.24) is 10.2 Å². The normalized spacial score (nSPS) is 26.2. The monoisotopic (exact) mass is 174 g/mol. The lowest BCUT2D eigenvalue weighted by Crippen LogP contribution is -2.26. The van der Waals surface area contributed by atoms with Crippen LogP contribution in [0.1, 0.15) is 6.42 Å². The highest BCUT2D eigenvalue weighted by Gasteiger charge is 2.18. The molecule has 2 nitrogen and oxygen atoms in total. The zero-order valence-electron chi connectivity index (χ0n) is 7.21. The Balaban J connectivity index is 1.99. The van der Waals surface area contributed by atoms with E-state index in [-0.39, 0.29) is 0 Å². The Bertz CT molecular complexity index is 108. The van der Waals surface area contributed by atoms with Crippen molar-refractivity contribution in [1.29, 1.82) is 0 Å². The Morgan fingerprint density at radius 2 is 2.45 bits per heavy atom. The molecule has 1 unspecified atom stereocenters. The molecule has 1 aliphatic rings. The van der Waals surface area contributed by atoms with Gasteiger partial charge in [0.15, 0.2) is 0 Å². The molecule has 1 fully saturated rings. The van der Waals surface area contributed by atoms with E-state index in [0.29, 0.717) is 0 Å². The van der Waals surface area contributed by atoms with Crippen molar-refractivity contribution in [3.8, 4) is 0 Å². The quantitative estimate of drug-likeness (QED) is 0.475. The Morgan fingerprint density at radius 1 is 1.64 bits per heavy atom. The lowest BCUT2D eigenvalue weighted by molar-refractivity contribution is 0.389. The van der Waals surface area contributed by atoms with Crippen molar-refractivity contribution in [2.45, 2.75) is 6.42 Å². The largest absolute Gasteiger partial charge is 0.316 e. The molecule has 0 spiro atoms. The molecule has 1 heterocycles. The predicted octanol–water partition coefficient (Wildman–Crippen LogP) is 0.458. The number of rotatable bonds is 4. The Hall–Kier alpha value is 0.270. The van der Waals surface area contributed by atoms with E-state index in [1.807, 2.05) is 0 Å². The van der Waals surface area contributed by atoms with E-state index in [1.165, 1.54) is 26.1 Å². The average Bonchev–Trinajstić information content (AvgIpc) is 2.37. The summed E-state index contributed by atoms with van der Waals surface area (Å²) in [6.45, 7) is 4.75. The van der Waals surface area contributed by atoms with Crippen LogP contribution in [0.5, 0.6) is 0 Å². The second kappa shape index (κ2) is 5.01. The molecule has 0 bridgehead atoms. The molecule has 0 amide bonds. The molecule has 0 saturated carbocycles. The van der Waals surface area contributed by atoms with Crippen molar-refractivity contribution in [3.05, 3.63) is 0 Å². The molecule has 0 aromatic rings. The molecule has 1 saturated heterocycles. The standard InChI is InChI=1S/C8H18N2S/c1-10-4-2-8(7-10)6-9-3-5-11/h8-9,11H,2-7H2,1H3. The first-order valence-electron chi connectivity index (χ1n) is 4.33. The van der Waals surface area contributed by atoms with Gasteiger partial charge in [0.05, 0.1) is 0 Å². The summed E-state index contributed by atoms with van der Waals surface area (Å²) in [6, 6.07) is 0. The Labute approximate surface area is 74.8 Å². The van der Waals surface area contributed by atoms with E-state index in [2.05, 4.69) is 29.9 Å². The lowest BCUT2D eigenvalue weighted by atomic mass is 10.1. The molecule has 0 aromatic carbocycles. The van der Waals surface area contributed by atoms with Crippen molar-refractivity contribution < 1.29 is 0 Å². The van der Waals surface area contributed by atoms with Gasteiger partial charge in [0.25, 0.3) is 0 Å². The summed E-state index contributed by atoms with van der Waals surface area (Å²) in [4.78, 5) is 2.40. The van der Waals surface area contributed by atoms with E-state index >= 15 is 0 Å². The van der Waals surface area contributed by atoms with Crippen LogP contribution in [0, 0.1) is 5.92 Å². The summed E-state index contributed by atoms with van der Waals surface area (Å²) in [7, 11) is 2.19. The van der Waals surface area contributed by atoms with Gasteiger partial charge in [0, 0.05) is 18.8 Å². The van der Waals surface area contributed by atoms with Crippen LogP contribution < -0.4 is 5.32 Å². The first-order chi connectivity index (χ1) is 5.33. The van der Waals surface area contributed by atoms with Gasteiger partial charge in [-0.1, -0.05) is 0 Å². The molecule has 0 radical (unpaired) electrons. The molecule has 1 aliphatic heterocycles. The van der Waals surface area contributed by atoms with Gasteiger partial charge in [-0.15, -0.1) is 0 Å². The van der Waals surface area contributed by atoms with E-state index in [4.69, 9.17) is 0 Å². The molecule has 66 valence electrons. The molecule has 1 N–H and O–H groups in total. The van der Waals surface area contributed by atoms with E-state index < -0.39 is 0 Å². The smallest absolute Gasteiger partial charge is 0.00398 e. The van der Waals surface area contributed by atoms with Gasteiger partial charge in [0.2, 0.25) is 0 Å². The van der Waals surface area contributed by atoms with Crippen molar-refractivity contribution >= 4 is 12.6 Å². The highest BCUT2D eigenvalue weighted by atomic mass is 32.1. The molecular formula is C8H18N2S. The van der Waals surface area contributed by atoms with Crippen LogP contribution in [0.3, 0.4) is 0 Å². The lowest BCUT2D eigenvalue weighted by Gasteiger charge is -2.10. The molecule has 0 aromatic heterocycles. The van der Waals surface area contributed by atoms with E-state index in [9.17, 15) is 0 Å². The summed E-state index contributed by atoms with van der Waals surface area (Å²) in [6.07, 6.45) is 1.36. The van der Waals surface area contributed by atoms with Crippen molar-refractivity contribution in [2.75, 3.05) is 39.0 Å². The minimum Gasteiger partial charge on any atom is -0.316 e. The van der Waals surface area contributed by atoms with Gasteiger partial charge in [-0.25, -0.2) is 0 Å². The zero-order chi connectivity index (χ0) is 8.10. The fourth-order valence-corrected chi connectivity index (χ4v) is 1.74. The van der Waals surface area contributed by atoms with Gasteiger partial charge in [-0.3, -0.25) is 0 Å². The average molecular weight is 174 g/mol. The van der Waals surface area contributed by atoms with Crippen LogP contribution in [-0.4, -0.2) is 43.9 Å². The summed E-state index contributed by atoms with van der Waals surface area (Å²) < 4.78 is 0. The van der Waals surface area contributed by atoms with Crippen LogP contribution in [0.4, 0.5) is 0 Å². The molecule has 0 aliphatic carbocycles. The van der Waals surface area contributed by atoms with Gasteiger partial charge in [-0.05, 0) is 32.5 Å². The third-order valence-corrected chi connectivity index (χ3v) is 2.43. The molecule has 3 heteroatoms. The fourth-order valence-electron chi connectivity index (χ4n) is 1.58. The van der Waals surface area contributed by atoms with Crippen LogP contribution in [0.25, 0.3) is 0 Å². The summed E-state index contributed by atoms with van der Waals surface area (Å²) in [5, 5.41) is 3.39. The Morgan fingerprint density at radius 3 is 3.00 bits per heavy atom.